The van der Waals surface area contributed by atoms with Crippen LogP contribution in [0.25, 0.3) is 11.1 Å². The van der Waals surface area contributed by atoms with Crippen LogP contribution in [-0.2, 0) is 6.54 Å². The lowest BCUT2D eigenvalue weighted by Gasteiger charge is -2.09. The van der Waals surface area contributed by atoms with Gasteiger partial charge < -0.3 is 5.32 Å². The molecule has 3 heteroatoms. The molecule has 100 valence electrons. The monoisotopic (exact) mass is 258 g/mol. The number of nitrogens with zero attached hydrogens (tertiary/aromatic N) is 1. The van der Waals surface area contributed by atoms with E-state index in [-0.39, 0.29) is 5.82 Å². The van der Waals surface area contributed by atoms with Crippen LogP contribution in [0.1, 0.15) is 24.5 Å². The quantitative estimate of drug-likeness (QED) is 0.827. The number of aryl methyl sites for hydroxylation is 1. The largest absolute Gasteiger partial charge is 0.313 e. The van der Waals surface area contributed by atoms with E-state index in [1.165, 1.54) is 17.8 Å². The lowest BCUT2D eigenvalue weighted by atomic mass is 9.99. The van der Waals surface area contributed by atoms with Crippen molar-refractivity contribution in [2.24, 2.45) is 0 Å². The van der Waals surface area contributed by atoms with Crippen LogP contribution in [0, 0.1) is 12.7 Å². The van der Waals surface area contributed by atoms with E-state index in [0.29, 0.717) is 0 Å². The van der Waals surface area contributed by atoms with E-state index in [1.807, 2.05) is 13.0 Å². The Morgan fingerprint density at radius 3 is 2.74 bits per heavy atom. The molecule has 19 heavy (non-hydrogen) atoms. The number of pyridine rings is 1. The smallest absolute Gasteiger partial charge is 0.142 e. The number of rotatable bonds is 5. The molecular formula is C16H19FN2. The Bertz CT molecular complexity index is 552. The average molecular weight is 258 g/mol. The van der Waals surface area contributed by atoms with Crippen molar-refractivity contribution in [3.05, 3.63) is 53.6 Å². The molecular weight excluding hydrogens is 239 g/mol. The summed E-state index contributed by atoms with van der Waals surface area (Å²) in [6.45, 7) is 6.09. The molecule has 0 atom stereocenters. The first kappa shape index (κ1) is 13.7. The molecule has 1 aromatic heterocycles. The van der Waals surface area contributed by atoms with E-state index < -0.39 is 0 Å². The third kappa shape index (κ3) is 3.61. The van der Waals surface area contributed by atoms with Crippen molar-refractivity contribution >= 4 is 0 Å². The van der Waals surface area contributed by atoms with Gasteiger partial charge >= 0.3 is 0 Å². The minimum absolute atomic E-state index is 0.300. The van der Waals surface area contributed by atoms with Gasteiger partial charge in [-0.25, -0.2) is 4.39 Å². The van der Waals surface area contributed by atoms with Gasteiger partial charge in [-0.3, -0.25) is 4.98 Å². The third-order valence-corrected chi connectivity index (χ3v) is 3.06. The second kappa shape index (κ2) is 6.43. The Hall–Kier alpha value is -1.74. The van der Waals surface area contributed by atoms with E-state index in [4.69, 9.17) is 0 Å². The number of aromatic nitrogens is 1. The van der Waals surface area contributed by atoms with Crippen LogP contribution in [0.15, 0.2) is 36.7 Å². The predicted octanol–water partition coefficient (Wildman–Crippen LogP) is 3.70. The van der Waals surface area contributed by atoms with Crippen LogP contribution in [-0.4, -0.2) is 11.5 Å². The van der Waals surface area contributed by atoms with Gasteiger partial charge in [-0.1, -0.05) is 25.1 Å². The van der Waals surface area contributed by atoms with E-state index in [2.05, 4.69) is 29.4 Å². The maximum Gasteiger partial charge on any atom is 0.142 e. The molecule has 0 fully saturated rings. The Morgan fingerprint density at radius 2 is 2.05 bits per heavy atom. The van der Waals surface area contributed by atoms with Gasteiger partial charge in [-0.2, -0.15) is 0 Å². The Morgan fingerprint density at radius 1 is 1.21 bits per heavy atom. The van der Waals surface area contributed by atoms with E-state index in [0.717, 1.165) is 36.2 Å². The summed E-state index contributed by atoms with van der Waals surface area (Å²) in [6, 6.07) is 7.78. The first-order valence-corrected chi connectivity index (χ1v) is 6.62. The van der Waals surface area contributed by atoms with E-state index >= 15 is 0 Å². The third-order valence-electron chi connectivity index (χ3n) is 3.06. The fraction of sp³-hybridized carbons (Fsp3) is 0.312. The van der Waals surface area contributed by atoms with Gasteiger partial charge in [-0.05, 0) is 42.6 Å². The molecule has 1 heterocycles. The maximum absolute atomic E-state index is 13.2. The first-order chi connectivity index (χ1) is 9.20. The molecule has 1 N–H and O–H groups in total. The summed E-state index contributed by atoms with van der Waals surface area (Å²) in [6.07, 6.45) is 4.05. The standard InChI is InChI=1S/C16H19FN2/c1-3-6-18-9-13-4-5-16(12(2)7-13)14-8-15(17)11-19-10-14/h4-5,7-8,10-11,18H,3,6,9H2,1-2H3. The number of hydrogen-bond acceptors (Lipinski definition) is 2. The summed E-state index contributed by atoms with van der Waals surface area (Å²) in [4.78, 5) is 3.90. The van der Waals surface area contributed by atoms with Crippen molar-refractivity contribution < 1.29 is 4.39 Å². The summed E-state index contributed by atoms with van der Waals surface area (Å²) in [5.74, 6) is -0.300. The van der Waals surface area contributed by atoms with Crippen molar-refractivity contribution in [1.29, 1.82) is 0 Å². The van der Waals surface area contributed by atoms with Gasteiger partial charge in [0.2, 0.25) is 0 Å². The highest BCUT2D eigenvalue weighted by atomic mass is 19.1. The SMILES string of the molecule is CCCNCc1ccc(-c2cncc(F)c2)c(C)c1. The second-order valence-electron chi connectivity index (χ2n) is 4.72. The summed E-state index contributed by atoms with van der Waals surface area (Å²) in [7, 11) is 0. The molecule has 0 aliphatic carbocycles. The van der Waals surface area contributed by atoms with Crippen molar-refractivity contribution in [1.82, 2.24) is 10.3 Å². The van der Waals surface area contributed by atoms with Crippen LogP contribution < -0.4 is 5.32 Å². The molecule has 0 unspecified atom stereocenters. The average Bonchev–Trinajstić information content (AvgIpc) is 2.39. The number of halogens is 1. The Labute approximate surface area is 113 Å². The molecule has 0 aliphatic rings. The van der Waals surface area contributed by atoms with Crippen LogP contribution in [0.2, 0.25) is 0 Å². The summed E-state index contributed by atoms with van der Waals surface area (Å²) in [5.41, 5.74) is 4.25. The second-order valence-corrected chi connectivity index (χ2v) is 4.72. The first-order valence-electron chi connectivity index (χ1n) is 6.62. The minimum atomic E-state index is -0.300. The van der Waals surface area contributed by atoms with Gasteiger partial charge in [0, 0.05) is 18.3 Å². The number of nitrogens with one attached hydrogen (secondary N) is 1. The minimum Gasteiger partial charge on any atom is -0.313 e. The topological polar surface area (TPSA) is 24.9 Å². The molecule has 0 radical (unpaired) electrons. The van der Waals surface area contributed by atoms with Crippen LogP contribution >= 0.6 is 0 Å². The highest BCUT2D eigenvalue weighted by Gasteiger charge is 2.04. The molecule has 0 amide bonds. The molecule has 2 aromatic rings. The number of benzene rings is 1. The van der Waals surface area contributed by atoms with E-state index in [1.54, 1.807) is 6.20 Å². The van der Waals surface area contributed by atoms with Gasteiger partial charge in [0.05, 0.1) is 6.20 Å². The van der Waals surface area contributed by atoms with Gasteiger partial charge in [-0.15, -0.1) is 0 Å². The van der Waals surface area contributed by atoms with E-state index in [9.17, 15) is 4.39 Å². The lowest BCUT2D eigenvalue weighted by Crippen LogP contribution is -2.13. The maximum atomic E-state index is 13.2. The summed E-state index contributed by atoms with van der Waals surface area (Å²) >= 11 is 0. The molecule has 0 saturated heterocycles. The van der Waals surface area contributed by atoms with Crippen molar-refractivity contribution in [2.45, 2.75) is 26.8 Å². The highest BCUT2D eigenvalue weighted by Crippen LogP contribution is 2.24. The zero-order valence-corrected chi connectivity index (χ0v) is 11.4. The highest BCUT2D eigenvalue weighted by molar-refractivity contribution is 5.66. The lowest BCUT2D eigenvalue weighted by molar-refractivity contribution is 0.622. The summed E-state index contributed by atoms with van der Waals surface area (Å²) in [5, 5.41) is 3.37. The van der Waals surface area contributed by atoms with Gasteiger partial charge in [0.15, 0.2) is 0 Å². The van der Waals surface area contributed by atoms with Gasteiger partial charge in [0.25, 0.3) is 0 Å². The Kier molecular flexibility index (Phi) is 4.63. The van der Waals surface area contributed by atoms with Crippen molar-refractivity contribution in [3.63, 3.8) is 0 Å². The molecule has 1 aromatic carbocycles. The van der Waals surface area contributed by atoms with Gasteiger partial charge in [0.1, 0.15) is 5.82 Å². The molecule has 2 nitrogen and oxygen atoms in total. The summed E-state index contributed by atoms with van der Waals surface area (Å²) < 4.78 is 13.2. The molecule has 0 spiro atoms. The Balaban J connectivity index is 2.19. The van der Waals surface area contributed by atoms with Crippen LogP contribution in [0.5, 0.6) is 0 Å². The molecule has 0 saturated carbocycles. The molecule has 0 bridgehead atoms. The van der Waals surface area contributed by atoms with Crippen molar-refractivity contribution in [2.75, 3.05) is 6.54 Å². The van der Waals surface area contributed by atoms with Crippen LogP contribution in [0.4, 0.5) is 4.39 Å². The fourth-order valence-electron chi connectivity index (χ4n) is 2.13. The number of hydrogen-bond donors (Lipinski definition) is 1. The molecule has 0 aliphatic heterocycles. The zero-order valence-electron chi connectivity index (χ0n) is 11.4. The fourth-order valence-corrected chi connectivity index (χ4v) is 2.13. The van der Waals surface area contributed by atoms with Crippen molar-refractivity contribution in [3.8, 4) is 11.1 Å². The molecule has 2 rings (SSSR count). The normalized spacial score (nSPS) is 10.7. The van der Waals surface area contributed by atoms with Crippen LogP contribution in [0.3, 0.4) is 0 Å². The predicted molar refractivity (Wildman–Crippen MR) is 76.4 cm³/mol. The zero-order chi connectivity index (χ0) is 13.7.